The molecule has 2 aromatic carbocycles. The fraction of sp³-hybridized carbons (Fsp3) is 0.364. The maximum Gasteiger partial charge on any atom is 0.339 e. The Balaban J connectivity index is 2.22. The van der Waals surface area contributed by atoms with E-state index in [4.69, 9.17) is 4.74 Å². The summed E-state index contributed by atoms with van der Waals surface area (Å²) in [5.74, 6) is -0.610. The molecule has 0 aliphatic rings. The van der Waals surface area contributed by atoms with Crippen LogP contribution in [0.1, 0.15) is 59.7 Å². The van der Waals surface area contributed by atoms with Gasteiger partial charge < -0.3 is 4.74 Å². The molecule has 0 aliphatic carbocycles. The van der Waals surface area contributed by atoms with Gasteiger partial charge in [-0.2, -0.15) is 0 Å². The minimum Gasteiger partial charge on any atom is -0.454 e. The van der Waals surface area contributed by atoms with Crippen LogP contribution in [0.25, 0.3) is 0 Å². The second-order valence-corrected chi connectivity index (χ2v) is 6.82. The summed E-state index contributed by atoms with van der Waals surface area (Å²) in [6, 6.07) is 5.64. The van der Waals surface area contributed by atoms with Gasteiger partial charge in [-0.3, -0.25) is 4.79 Å². The van der Waals surface area contributed by atoms with Crippen LogP contribution in [-0.4, -0.2) is 18.4 Å². The molecule has 0 heterocycles. The first-order valence-electron chi connectivity index (χ1n) is 8.49. The Kier molecular flexibility index (Phi) is 5.46. The molecule has 3 heteroatoms. The molecule has 25 heavy (non-hydrogen) atoms. The number of esters is 1. The Morgan fingerprint density at radius 3 is 1.84 bits per heavy atom. The molecule has 0 unspecified atom stereocenters. The van der Waals surface area contributed by atoms with Crippen molar-refractivity contribution in [2.45, 2.75) is 48.5 Å². The predicted octanol–water partition coefficient (Wildman–Crippen LogP) is 4.89. The molecule has 3 nitrogen and oxygen atoms in total. The van der Waals surface area contributed by atoms with Crippen LogP contribution in [0.5, 0.6) is 0 Å². The highest BCUT2D eigenvalue weighted by atomic mass is 16.5. The fourth-order valence-corrected chi connectivity index (χ4v) is 3.21. The van der Waals surface area contributed by atoms with Gasteiger partial charge in [0.05, 0.1) is 5.56 Å². The molecular weight excluding hydrogens is 312 g/mol. The van der Waals surface area contributed by atoms with E-state index < -0.39 is 5.97 Å². The number of hydrogen-bond donors (Lipinski definition) is 0. The molecule has 0 spiro atoms. The van der Waals surface area contributed by atoms with Crippen molar-refractivity contribution in [2.24, 2.45) is 0 Å². The molecule has 0 amide bonds. The topological polar surface area (TPSA) is 43.4 Å². The van der Waals surface area contributed by atoms with Gasteiger partial charge in [0, 0.05) is 5.56 Å². The lowest BCUT2D eigenvalue weighted by molar-refractivity contribution is 0.0473. The first-order chi connectivity index (χ1) is 11.6. The minimum absolute atomic E-state index is 0.179. The molecule has 0 fully saturated rings. The average Bonchev–Trinajstić information content (AvgIpc) is 2.56. The molecule has 0 N–H and O–H groups in total. The second-order valence-electron chi connectivity index (χ2n) is 6.82. The summed E-state index contributed by atoms with van der Waals surface area (Å²) in [7, 11) is 0. The zero-order valence-corrected chi connectivity index (χ0v) is 16.2. The second kappa shape index (κ2) is 7.22. The van der Waals surface area contributed by atoms with Crippen molar-refractivity contribution in [1.82, 2.24) is 0 Å². The van der Waals surface area contributed by atoms with Crippen molar-refractivity contribution in [2.75, 3.05) is 6.61 Å². The van der Waals surface area contributed by atoms with Crippen molar-refractivity contribution < 1.29 is 14.3 Å². The third-order valence-corrected chi connectivity index (χ3v) is 5.22. The molecule has 0 saturated carbocycles. The van der Waals surface area contributed by atoms with Gasteiger partial charge >= 0.3 is 5.97 Å². The smallest absolute Gasteiger partial charge is 0.339 e. The molecule has 2 aromatic rings. The molecule has 0 bridgehead atoms. The van der Waals surface area contributed by atoms with Gasteiger partial charge in [-0.1, -0.05) is 23.8 Å². The van der Waals surface area contributed by atoms with E-state index in [1.807, 2.05) is 53.7 Å². The number of rotatable bonds is 4. The highest BCUT2D eigenvalue weighted by Crippen LogP contribution is 2.26. The van der Waals surface area contributed by atoms with E-state index in [2.05, 4.69) is 6.92 Å². The number of ether oxygens (including phenoxy) is 1. The Hall–Kier alpha value is -2.42. The summed E-state index contributed by atoms with van der Waals surface area (Å²) in [5.41, 5.74) is 8.40. The summed E-state index contributed by atoms with van der Waals surface area (Å²) < 4.78 is 5.35. The minimum atomic E-state index is -0.431. The monoisotopic (exact) mass is 338 g/mol. The maximum atomic E-state index is 12.6. The zero-order chi connectivity index (χ0) is 18.9. The molecular formula is C22H26O3. The van der Waals surface area contributed by atoms with Crippen LogP contribution in [-0.2, 0) is 4.74 Å². The van der Waals surface area contributed by atoms with Gasteiger partial charge in [0.15, 0.2) is 6.61 Å². The first kappa shape index (κ1) is 18.9. The van der Waals surface area contributed by atoms with Crippen molar-refractivity contribution in [3.05, 3.63) is 68.3 Å². The molecule has 0 atom stereocenters. The highest BCUT2D eigenvalue weighted by molar-refractivity contribution is 6.01. The van der Waals surface area contributed by atoms with Crippen LogP contribution in [0.2, 0.25) is 0 Å². The Labute approximate surface area is 150 Å². The molecule has 2 rings (SSSR count). The van der Waals surface area contributed by atoms with Crippen LogP contribution in [0.4, 0.5) is 0 Å². The number of benzene rings is 2. The van der Waals surface area contributed by atoms with Crippen LogP contribution in [0, 0.1) is 48.5 Å². The van der Waals surface area contributed by atoms with E-state index in [-0.39, 0.29) is 12.4 Å². The average molecular weight is 338 g/mol. The fourth-order valence-electron chi connectivity index (χ4n) is 3.21. The molecule has 0 radical (unpaired) electrons. The summed E-state index contributed by atoms with van der Waals surface area (Å²) >= 11 is 0. The zero-order valence-electron chi connectivity index (χ0n) is 16.2. The summed E-state index contributed by atoms with van der Waals surface area (Å²) in [4.78, 5) is 25.0. The van der Waals surface area contributed by atoms with Gasteiger partial charge in [-0.15, -0.1) is 0 Å². The van der Waals surface area contributed by atoms with Crippen molar-refractivity contribution >= 4 is 11.8 Å². The van der Waals surface area contributed by atoms with Crippen LogP contribution in [0.15, 0.2) is 18.2 Å². The predicted molar refractivity (Wildman–Crippen MR) is 101 cm³/mol. The lowest BCUT2D eigenvalue weighted by Crippen LogP contribution is -2.18. The number of Topliss-reactive ketones (excluding diaryl/α,β-unsaturated/α-hetero) is 1. The Bertz CT molecular complexity index is 831. The van der Waals surface area contributed by atoms with Gasteiger partial charge in [0.25, 0.3) is 0 Å². The summed E-state index contributed by atoms with van der Waals surface area (Å²) in [5, 5.41) is 0. The molecule has 0 aromatic heterocycles. The normalized spacial score (nSPS) is 10.7. The Morgan fingerprint density at radius 2 is 1.32 bits per heavy atom. The lowest BCUT2D eigenvalue weighted by Gasteiger charge is -2.17. The van der Waals surface area contributed by atoms with Crippen molar-refractivity contribution in [1.29, 1.82) is 0 Å². The Morgan fingerprint density at radius 1 is 0.800 bits per heavy atom. The quantitative estimate of drug-likeness (QED) is 0.589. The van der Waals surface area contributed by atoms with Crippen LogP contribution in [0.3, 0.4) is 0 Å². The van der Waals surface area contributed by atoms with E-state index in [1.165, 1.54) is 5.56 Å². The lowest BCUT2D eigenvalue weighted by atomic mass is 9.90. The van der Waals surface area contributed by atoms with Gasteiger partial charge in [0.2, 0.25) is 5.78 Å². The highest BCUT2D eigenvalue weighted by Gasteiger charge is 2.20. The summed E-state index contributed by atoms with van der Waals surface area (Å²) in [6.45, 7) is 13.6. The van der Waals surface area contributed by atoms with Crippen molar-refractivity contribution in [3.8, 4) is 0 Å². The number of aryl methyl sites for hydroxylation is 2. The van der Waals surface area contributed by atoms with Gasteiger partial charge in [-0.05, 0) is 81.8 Å². The number of carbonyl (C=O) groups is 2. The third kappa shape index (κ3) is 3.65. The number of carbonyl (C=O) groups excluding carboxylic acids is 2. The van der Waals surface area contributed by atoms with Crippen LogP contribution >= 0.6 is 0 Å². The van der Waals surface area contributed by atoms with E-state index >= 15 is 0 Å². The van der Waals surface area contributed by atoms with E-state index in [0.29, 0.717) is 11.1 Å². The number of ketones is 1. The van der Waals surface area contributed by atoms with Gasteiger partial charge in [0.1, 0.15) is 0 Å². The maximum absolute atomic E-state index is 12.6. The standard InChI is InChI=1S/C22H26O3/c1-12-8-9-19(13(2)10-12)20(23)11-25-22(24)21-17(6)15(4)14(3)16(5)18(21)7/h8-10H,11H2,1-7H3. The summed E-state index contributed by atoms with van der Waals surface area (Å²) in [6.07, 6.45) is 0. The van der Waals surface area contributed by atoms with Gasteiger partial charge in [-0.25, -0.2) is 4.79 Å². The number of hydrogen-bond acceptors (Lipinski definition) is 3. The van der Waals surface area contributed by atoms with E-state index in [0.717, 1.165) is 33.4 Å². The third-order valence-electron chi connectivity index (χ3n) is 5.22. The van der Waals surface area contributed by atoms with E-state index in [9.17, 15) is 9.59 Å². The van der Waals surface area contributed by atoms with Crippen LogP contribution < -0.4 is 0 Å². The first-order valence-corrected chi connectivity index (χ1v) is 8.49. The SMILES string of the molecule is Cc1ccc(C(=O)COC(=O)c2c(C)c(C)c(C)c(C)c2C)c(C)c1. The molecule has 0 saturated heterocycles. The largest absolute Gasteiger partial charge is 0.454 e. The molecule has 132 valence electrons. The van der Waals surface area contributed by atoms with E-state index in [1.54, 1.807) is 6.07 Å². The molecule has 0 aliphatic heterocycles. The van der Waals surface area contributed by atoms with Crippen molar-refractivity contribution in [3.63, 3.8) is 0 Å².